The number of amides is 1. The van der Waals surface area contributed by atoms with E-state index in [0.29, 0.717) is 36.1 Å². The van der Waals surface area contributed by atoms with Crippen molar-refractivity contribution in [2.24, 2.45) is 0 Å². The fourth-order valence-corrected chi connectivity index (χ4v) is 5.68. The molecule has 8 nitrogen and oxygen atoms in total. The lowest BCUT2D eigenvalue weighted by atomic mass is 10.2. The van der Waals surface area contributed by atoms with E-state index in [0.717, 1.165) is 37.9 Å². The number of nitrogens with one attached hydrogen (secondary N) is 1. The summed E-state index contributed by atoms with van der Waals surface area (Å²) in [5.41, 5.74) is 1.79. The van der Waals surface area contributed by atoms with Crippen molar-refractivity contribution in [3.63, 3.8) is 0 Å². The van der Waals surface area contributed by atoms with Crippen LogP contribution in [0.25, 0.3) is 6.08 Å². The summed E-state index contributed by atoms with van der Waals surface area (Å²) in [6.07, 6.45) is 6.65. The standard InChI is InChI=1S/C23H31ClN4O4S/c1-4-6-15-28-23(24)19(17(3)26-28)10-12-22(29)25-18-9-11-20(32-5-2)21(16-18)33(30,31)27-13-7-8-14-27/h9-12,16H,4-8,13-15H2,1-3H3,(H,25,29)/b12-10+. The van der Waals surface area contributed by atoms with Crippen molar-refractivity contribution in [3.8, 4) is 5.75 Å². The van der Waals surface area contributed by atoms with Crippen molar-refractivity contribution in [1.82, 2.24) is 14.1 Å². The van der Waals surface area contributed by atoms with Crippen molar-refractivity contribution >= 4 is 39.3 Å². The van der Waals surface area contributed by atoms with Gasteiger partial charge in [-0.1, -0.05) is 24.9 Å². The lowest BCUT2D eigenvalue weighted by Gasteiger charge is -2.19. The number of carbonyl (C=O) groups excluding carboxylic acids is 1. The number of aryl methyl sites for hydroxylation is 2. The number of hydrogen-bond acceptors (Lipinski definition) is 5. The molecule has 1 aromatic heterocycles. The van der Waals surface area contributed by atoms with E-state index < -0.39 is 15.9 Å². The first kappa shape index (κ1) is 25.3. The van der Waals surface area contributed by atoms with Gasteiger partial charge in [0.05, 0.1) is 12.3 Å². The molecule has 1 N–H and O–H groups in total. The van der Waals surface area contributed by atoms with E-state index in [1.165, 1.54) is 16.4 Å². The Morgan fingerprint density at radius 1 is 1.27 bits per heavy atom. The van der Waals surface area contributed by atoms with Crippen LogP contribution in [0.2, 0.25) is 5.15 Å². The predicted octanol–water partition coefficient (Wildman–Crippen LogP) is 4.48. The number of benzene rings is 1. The second kappa shape index (κ2) is 11.2. The molecule has 0 atom stereocenters. The molecule has 0 spiro atoms. The third-order valence-electron chi connectivity index (χ3n) is 5.43. The number of halogens is 1. The molecular weight excluding hydrogens is 464 g/mol. The van der Waals surface area contributed by atoms with Gasteiger partial charge in [0.25, 0.3) is 0 Å². The van der Waals surface area contributed by atoms with E-state index in [-0.39, 0.29) is 10.6 Å². The average Bonchev–Trinajstić information content (AvgIpc) is 3.41. The van der Waals surface area contributed by atoms with E-state index in [2.05, 4.69) is 17.3 Å². The Bertz CT molecular complexity index is 1120. The summed E-state index contributed by atoms with van der Waals surface area (Å²) < 4.78 is 35.0. The molecule has 1 fully saturated rings. The van der Waals surface area contributed by atoms with E-state index in [4.69, 9.17) is 16.3 Å². The van der Waals surface area contributed by atoms with E-state index in [9.17, 15) is 13.2 Å². The molecule has 2 heterocycles. The van der Waals surface area contributed by atoms with Crippen LogP contribution in [0.5, 0.6) is 5.75 Å². The van der Waals surface area contributed by atoms with Gasteiger partial charge in [-0.05, 0) is 57.4 Å². The Balaban J connectivity index is 1.79. The lowest BCUT2D eigenvalue weighted by Crippen LogP contribution is -2.28. The van der Waals surface area contributed by atoms with Crippen LogP contribution >= 0.6 is 11.6 Å². The molecule has 1 aromatic carbocycles. The summed E-state index contributed by atoms with van der Waals surface area (Å²) in [5.74, 6) is -0.125. The largest absolute Gasteiger partial charge is 0.492 e. The quantitative estimate of drug-likeness (QED) is 0.491. The van der Waals surface area contributed by atoms with Gasteiger partial charge in [0, 0.05) is 37.0 Å². The van der Waals surface area contributed by atoms with Crippen molar-refractivity contribution in [1.29, 1.82) is 0 Å². The van der Waals surface area contributed by atoms with Gasteiger partial charge < -0.3 is 10.1 Å². The maximum absolute atomic E-state index is 13.1. The third-order valence-corrected chi connectivity index (χ3v) is 7.75. The summed E-state index contributed by atoms with van der Waals surface area (Å²) >= 11 is 6.42. The van der Waals surface area contributed by atoms with Crippen LogP contribution in [0, 0.1) is 6.92 Å². The highest BCUT2D eigenvalue weighted by molar-refractivity contribution is 7.89. The number of rotatable bonds is 10. The summed E-state index contributed by atoms with van der Waals surface area (Å²) in [6.45, 7) is 7.76. The summed E-state index contributed by atoms with van der Waals surface area (Å²) in [7, 11) is -3.71. The van der Waals surface area contributed by atoms with Gasteiger partial charge in [0.2, 0.25) is 15.9 Å². The van der Waals surface area contributed by atoms with Crippen LogP contribution < -0.4 is 10.1 Å². The fourth-order valence-electron chi connectivity index (χ4n) is 3.69. The highest BCUT2D eigenvalue weighted by Gasteiger charge is 2.30. The topological polar surface area (TPSA) is 93.5 Å². The Morgan fingerprint density at radius 3 is 2.67 bits per heavy atom. The highest BCUT2D eigenvalue weighted by Crippen LogP contribution is 2.31. The molecule has 3 rings (SSSR count). The Hall–Kier alpha value is -2.36. The van der Waals surface area contributed by atoms with Crippen LogP contribution in [-0.4, -0.2) is 48.1 Å². The maximum atomic E-state index is 13.1. The van der Waals surface area contributed by atoms with Gasteiger partial charge in [-0.3, -0.25) is 9.48 Å². The van der Waals surface area contributed by atoms with Crippen LogP contribution in [0.4, 0.5) is 5.69 Å². The highest BCUT2D eigenvalue weighted by atomic mass is 35.5. The van der Waals surface area contributed by atoms with Crippen LogP contribution in [0.15, 0.2) is 29.2 Å². The summed E-state index contributed by atoms with van der Waals surface area (Å²) in [5, 5.41) is 7.65. The van der Waals surface area contributed by atoms with Crippen LogP contribution in [0.1, 0.15) is 50.8 Å². The fraction of sp³-hybridized carbons (Fsp3) is 0.478. The number of ether oxygens (including phenoxy) is 1. The van der Waals surface area contributed by atoms with Gasteiger partial charge >= 0.3 is 0 Å². The van der Waals surface area contributed by atoms with Crippen LogP contribution in [-0.2, 0) is 21.4 Å². The van der Waals surface area contributed by atoms with Crippen molar-refractivity contribution in [2.75, 3.05) is 25.0 Å². The first-order chi connectivity index (χ1) is 15.8. The number of carbonyl (C=O) groups is 1. The molecule has 1 saturated heterocycles. The lowest BCUT2D eigenvalue weighted by molar-refractivity contribution is -0.111. The zero-order valence-electron chi connectivity index (χ0n) is 19.3. The van der Waals surface area contributed by atoms with E-state index >= 15 is 0 Å². The minimum absolute atomic E-state index is 0.0594. The molecule has 33 heavy (non-hydrogen) atoms. The number of nitrogens with zero attached hydrogens (tertiary/aromatic N) is 3. The maximum Gasteiger partial charge on any atom is 0.248 e. The predicted molar refractivity (Wildman–Crippen MR) is 130 cm³/mol. The van der Waals surface area contributed by atoms with Gasteiger partial charge in [-0.2, -0.15) is 9.40 Å². The number of sulfonamides is 1. The Morgan fingerprint density at radius 2 is 2.00 bits per heavy atom. The number of hydrogen-bond donors (Lipinski definition) is 1. The molecule has 2 aromatic rings. The first-order valence-electron chi connectivity index (χ1n) is 11.3. The smallest absolute Gasteiger partial charge is 0.248 e. The minimum Gasteiger partial charge on any atom is -0.492 e. The number of unbranched alkanes of at least 4 members (excludes halogenated alkanes) is 1. The molecule has 10 heteroatoms. The minimum atomic E-state index is -3.71. The molecule has 0 bridgehead atoms. The van der Waals surface area contributed by atoms with Gasteiger partial charge in [0.1, 0.15) is 15.8 Å². The molecule has 180 valence electrons. The van der Waals surface area contributed by atoms with Crippen molar-refractivity contribution in [3.05, 3.63) is 40.7 Å². The zero-order valence-corrected chi connectivity index (χ0v) is 20.9. The first-order valence-corrected chi connectivity index (χ1v) is 13.1. The molecule has 0 unspecified atom stereocenters. The molecule has 1 amide bonds. The monoisotopic (exact) mass is 494 g/mol. The van der Waals surface area contributed by atoms with Crippen molar-refractivity contribution in [2.45, 2.75) is 57.9 Å². The Kier molecular flexibility index (Phi) is 8.56. The van der Waals surface area contributed by atoms with Gasteiger partial charge in [-0.15, -0.1) is 0 Å². The molecule has 0 radical (unpaired) electrons. The number of aromatic nitrogens is 2. The molecule has 1 aliphatic heterocycles. The molecule has 0 aliphatic carbocycles. The molecule has 1 aliphatic rings. The second-order valence-electron chi connectivity index (χ2n) is 7.89. The van der Waals surface area contributed by atoms with Gasteiger partial charge in [0.15, 0.2) is 0 Å². The number of anilines is 1. The summed E-state index contributed by atoms with van der Waals surface area (Å²) in [4.78, 5) is 12.6. The normalized spacial score (nSPS) is 14.8. The van der Waals surface area contributed by atoms with E-state index in [1.807, 2.05) is 6.92 Å². The van der Waals surface area contributed by atoms with Crippen LogP contribution in [0.3, 0.4) is 0 Å². The SMILES string of the molecule is CCCCn1nc(C)c(/C=C/C(=O)Nc2ccc(OCC)c(S(=O)(=O)N3CCCC3)c2)c1Cl. The third kappa shape index (κ3) is 5.96. The molecule has 0 saturated carbocycles. The molecular formula is C23H31ClN4O4S. The van der Waals surface area contributed by atoms with E-state index in [1.54, 1.807) is 29.8 Å². The Labute approximate surface area is 200 Å². The summed E-state index contributed by atoms with van der Waals surface area (Å²) in [6, 6.07) is 4.65. The van der Waals surface area contributed by atoms with Crippen molar-refractivity contribution < 1.29 is 17.9 Å². The average molecular weight is 495 g/mol. The van der Waals surface area contributed by atoms with Gasteiger partial charge in [-0.25, -0.2) is 8.42 Å². The zero-order chi connectivity index (χ0) is 24.0. The second-order valence-corrected chi connectivity index (χ2v) is 10.2.